The molecule has 1 heterocycles. The average Bonchev–Trinajstić information content (AvgIpc) is 3.73. The summed E-state index contributed by atoms with van der Waals surface area (Å²) in [4.78, 5) is 27.5. The molecule has 1 aliphatic carbocycles. The summed E-state index contributed by atoms with van der Waals surface area (Å²) in [5, 5.41) is 23.2. The van der Waals surface area contributed by atoms with Crippen LogP contribution in [0.15, 0.2) is 60.3 Å². The van der Waals surface area contributed by atoms with E-state index in [1.54, 1.807) is 0 Å². The molecule has 1 aliphatic heterocycles. The second-order valence-corrected chi connectivity index (χ2v) is 10.1. The number of nitrogens with zero attached hydrogens (tertiary/aromatic N) is 1. The highest BCUT2D eigenvalue weighted by Gasteiger charge is 2.42. The maximum absolute atomic E-state index is 13.4. The van der Waals surface area contributed by atoms with E-state index in [2.05, 4.69) is 15.5 Å². The monoisotopic (exact) mass is 525 g/mol. The molecule has 38 heavy (non-hydrogen) atoms. The SMILES string of the molecule is C[C@H](NC(=O)[C@@H](O)c1cc(F)cc(F)c1)C(=O)NC(=N)C=C(N)C1(c2ccccc2)CCN(C2CC2)CC1. The van der Waals surface area contributed by atoms with Crippen LogP contribution in [-0.4, -0.2) is 52.8 Å². The van der Waals surface area contributed by atoms with Crippen molar-refractivity contribution in [1.29, 1.82) is 5.41 Å². The number of hydrogen-bond acceptors (Lipinski definition) is 6. The first-order chi connectivity index (χ1) is 18.1. The van der Waals surface area contributed by atoms with Crippen molar-refractivity contribution in [2.75, 3.05) is 13.1 Å². The highest BCUT2D eigenvalue weighted by molar-refractivity contribution is 6.05. The lowest BCUT2D eigenvalue weighted by Crippen LogP contribution is -2.48. The van der Waals surface area contributed by atoms with Crippen LogP contribution in [0.5, 0.6) is 0 Å². The van der Waals surface area contributed by atoms with Crippen molar-refractivity contribution in [1.82, 2.24) is 15.5 Å². The third-order valence-corrected chi connectivity index (χ3v) is 7.35. The number of amides is 2. The molecule has 1 saturated heterocycles. The van der Waals surface area contributed by atoms with E-state index >= 15 is 0 Å². The van der Waals surface area contributed by atoms with Crippen molar-refractivity contribution in [2.45, 2.75) is 56.2 Å². The highest BCUT2D eigenvalue weighted by atomic mass is 19.1. The van der Waals surface area contributed by atoms with E-state index in [0.29, 0.717) is 17.8 Å². The number of allylic oxidation sites excluding steroid dienone is 1. The first kappa shape index (κ1) is 27.4. The molecule has 0 radical (unpaired) electrons. The minimum absolute atomic E-state index is 0.235. The smallest absolute Gasteiger partial charge is 0.254 e. The fraction of sp³-hybridized carbons (Fsp3) is 0.393. The molecular formula is C28H33F2N5O3. The van der Waals surface area contributed by atoms with Crippen LogP contribution >= 0.6 is 0 Å². The van der Waals surface area contributed by atoms with Crippen LogP contribution in [0, 0.1) is 17.0 Å². The summed E-state index contributed by atoms with van der Waals surface area (Å²) in [6.45, 7) is 3.16. The van der Waals surface area contributed by atoms with Crippen molar-refractivity contribution in [2.24, 2.45) is 5.73 Å². The highest BCUT2D eigenvalue weighted by Crippen LogP contribution is 2.42. The Morgan fingerprint density at radius 1 is 1.11 bits per heavy atom. The van der Waals surface area contributed by atoms with Crippen molar-refractivity contribution >= 4 is 17.6 Å². The second kappa shape index (κ2) is 11.4. The topological polar surface area (TPSA) is 132 Å². The zero-order valence-electron chi connectivity index (χ0n) is 21.2. The number of nitrogens with one attached hydrogen (secondary N) is 3. The van der Waals surface area contributed by atoms with Gasteiger partial charge in [-0.15, -0.1) is 0 Å². The molecule has 0 aromatic heterocycles. The van der Waals surface area contributed by atoms with E-state index in [1.807, 2.05) is 30.3 Å². The van der Waals surface area contributed by atoms with Gasteiger partial charge in [0.1, 0.15) is 23.5 Å². The molecule has 4 rings (SSSR count). The molecule has 0 unspecified atom stereocenters. The van der Waals surface area contributed by atoms with Gasteiger partial charge < -0.3 is 26.4 Å². The van der Waals surface area contributed by atoms with Gasteiger partial charge in [0.2, 0.25) is 5.91 Å². The maximum atomic E-state index is 13.4. The van der Waals surface area contributed by atoms with E-state index in [0.717, 1.165) is 43.6 Å². The Morgan fingerprint density at radius 3 is 2.29 bits per heavy atom. The molecule has 2 aromatic carbocycles. The number of nitrogens with two attached hydrogens (primary N) is 1. The molecule has 0 spiro atoms. The lowest BCUT2D eigenvalue weighted by atomic mass is 9.70. The molecule has 10 heteroatoms. The Labute approximate surface area is 220 Å². The predicted molar refractivity (Wildman–Crippen MR) is 139 cm³/mol. The van der Waals surface area contributed by atoms with Crippen LogP contribution in [-0.2, 0) is 15.0 Å². The number of benzene rings is 2. The Balaban J connectivity index is 1.40. The van der Waals surface area contributed by atoms with Gasteiger partial charge in [-0.25, -0.2) is 8.78 Å². The third-order valence-electron chi connectivity index (χ3n) is 7.35. The van der Waals surface area contributed by atoms with Gasteiger partial charge in [-0.2, -0.15) is 0 Å². The van der Waals surface area contributed by atoms with E-state index in [9.17, 15) is 23.5 Å². The summed E-state index contributed by atoms with van der Waals surface area (Å²) in [5.74, 6) is -3.84. The van der Waals surface area contributed by atoms with Crippen molar-refractivity contribution in [3.63, 3.8) is 0 Å². The van der Waals surface area contributed by atoms with Crippen molar-refractivity contribution in [3.05, 3.63) is 83.1 Å². The standard InChI is InChI=1S/C28H33F2N5O3/c1-17(33-27(38)25(36)18-13-20(29)15-21(30)14-18)26(37)34-24(32)16-23(31)28(19-5-3-2-4-6-19)9-11-35(12-10-28)22-7-8-22/h2-6,13-17,22,25,36H,7-12,31H2,1H3,(H,33,38)(H2,32,34,37)/t17-,25-/m0/s1. The first-order valence-electron chi connectivity index (χ1n) is 12.7. The average molecular weight is 526 g/mol. The van der Waals surface area contributed by atoms with Gasteiger partial charge in [-0.05, 0) is 75.0 Å². The van der Waals surface area contributed by atoms with Crippen LogP contribution in [0.2, 0.25) is 0 Å². The Bertz CT molecular complexity index is 1200. The Morgan fingerprint density at radius 2 is 1.71 bits per heavy atom. The van der Waals surface area contributed by atoms with Gasteiger partial charge in [0.15, 0.2) is 6.10 Å². The van der Waals surface area contributed by atoms with Gasteiger partial charge >= 0.3 is 0 Å². The molecule has 2 atom stereocenters. The number of aliphatic hydroxyl groups is 1. The molecule has 2 aliphatic rings. The van der Waals surface area contributed by atoms with E-state index in [-0.39, 0.29) is 11.4 Å². The van der Waals surface area contributed by atoms with Crippen LogP contribution in [0.25, 0.3) is 0 Å². The lowest BCUT2D eigenvalue weighted by Gasteiger charge is -2.43. The summed E-state index contributed by atoms with van der Waals surface area (Å²) in [6.07, 6.45) is 3.61. The molecule has 2 aromatic rings. The fourth-order valence-electron chi connectivity index (χ4n) is 5.02. The van der Waals surface area contributed by atoms with Gasteiger partial charge in [0.25, 0.3) is 5.91 Å². The maximum Gasteiger partial charge on any atom is 0.254 e. The third kappa shape index (κ3) is 6.25. The molecule has 6 N–H and O–H groups in total. The molecule has 8 nitrogen and oxygen atoms in total. The summed E-state index contributed by atoms with van der Waals surface area (Å²) in [5.41, 5.74) is 7.39. The Kier molecular flexibility index (Phi) is 8.23. The molecular weight excluding hydrogens is 492 g/mol. The normalized spacial score (nSPS) is 19.3. The number of likely N-dealkylation sites (tertiary alicyclic amines) is 1. The van der Waals surface area contributed by atoms with Crippen LogP contribution in [0.4, 0.5) is 8.78 Å². The molecule has 0 bridgehead atoms. The number of carbonyl (C=O) groups excluding carboxylic acids is 2. The van der Waals surface area contributed by atoms with Gasteiger partial charge in [0, 0.05) is 23.2 Å². The minimum Gasteiger partial charge on any atom is -0.401 e. The molecule has 202 valence electrons. The Hall–Kier alpha value is -3.63. The number of hydrogen-bond donors (Lipinski definition) is 5. The van der Waals surface area contributed by atoms with E-state index < -0.39 is 41.0 Å². The molecule has 2 fully saturated rings. The summed E-state index contributed by atoms with van der Waals surface area (Å²) >= 11 is 0. The summed E-state index contributed by atoms with van der Waals surface area (Å²) in [7, 11) is 0. The van der Waals surface area contributed by atoms with Gasteiger partial charge in [0.05, 0.1) is 0 Å². The van der Waals surface area contributed by atoms with Gasteiger partial charge in [-0.1, -0.05) is 30.3 Å². The van der Waals surface area contributed by atoms with Crippen molar-refractivity contribution in [3.8, 4) is 0 Å². The number of halogens is 2. The molecule has 2 amide bonds. The number of amidine groups is 1. The fourth-order valence-corrected chi connectivity index (χ4v) is 5.02. The van der Waals surface area contributed by atoms with Crippen LogP contribution < -0.4 is 16.4 Å². The second-order valence-electron chi connectivity index (χ2n) is 10.1. The number of aliphatic hydroxyl groups excluding tert-OH is 1. The zero-order chi connectivity index (χ0) is 27.4. The quantitative estimate of drug-likeness (QED) is 0.267. The number of rotatable bonds is 8. The van der Waals surface area contributed by atoms with Crippen molar-refractivity contribution < 1.29 is 23.5 Å². The van der Waals surface area contributed by atoms with Gasteiger partial charge in [-0.3, -0.25) is 15.0 Å². The van der Waals surface area contributed by atoms with Crippen LogP contribution in [0.3, 0.4) is 0 Å². The first-order valence-corrected chi connectivity index (χ1v) is 12.7. The predicted octanol–water partition coefficient (Wildman–Crippen LogP) is 2.64. The largest absolute Gasteiger partial charge is 0.401 e. The zero-order valence-corrected chi connectivity index (χ0v) is 21.2. The lowest BCUT2D eigenvalue weighted by molar-refractivity contribution is -0.133. The summed E-state index contributed by atoms with van der Waals surface area (Å²) in [6, 6.07) is 11.7. The van der Waals surface area contributed by atoms with E-state index in [4.69, 9.17) is 11.1 Å². The summed E-state index contributed by atoms with van der Waals surface area (Å²) < 4.78 is 26.9. The number of carbonyl (C=O) groups is 2. The number of piperidine rings is 1. The molecule has 1 saturated carbocycles. The minimum atomic E-state index is -1.88. The van der Waals surface area contributed by atoms with Crippen LogP contribution in [0.1, 0.15) is 49.8 Å². The van der Waals surface area contributed by atoms with E-state index in [1.165, 1.54) is 25.8 Å².